The molecule has 1 aliphatic rings. The highest BCUT2D eigenvalue weighted by Crippen LogP contribution is 2.36. The van der Waals surface area contributed by atoms with Crippen LogP contribution in [0.25, 0.3) is 22.4 Å². The SMILES string of the molecule is CC1(C)CC(n2nnc3cc(-c4ccccc4O)nnc32)CC(C)(C)N1. The minimum absolute atomic E-state index is 0.00783. The number of nitrogens with zero attached hydrogens (tertiary/aromatic N) is 5. The standard InChI is InChI=1S/C19H24N6O/c1-18(2)10-12(11-19(3,4)23-18)25-17-15(21-24-25)9-14(20-22-17)13-7-5-6-8-16(13)26/h5-9,12,23,26H,10-11H2,1-4H3. The Hall–Kier alpha value is -2.54. The molecule has 1 saturated heterocycles. The molecule has 0 saturated carbocycles. The molecular formula is C19H24N6O. The summed E-state index contributed by atoms with van der Waals surface area (Å²) >= 11 is 0. The molecule has 1 aromatic carbocycles. The van der Waals surface area contributed by atoms with Crippen LogP contribution in [0, 0.1) is 0 Å². The van der Waals surface area contributed by atoms with Crippen molar-refractivity contribution < 1.29 is 5.11 Å². The van der Waals surface area contributed by atoms with Crippen molar-refractivity contribution in [3.05, 3.63) is 30.3 Å². The Bertz CT molecular complexity index is 946. The number of benzene rings is 1. The second-order valence-corrected chi connectivity index (χ2v) is 8.44. The smallest absolute Gasteiger partial charge is 0.201 e. The van der Waals surface area contributed by atoms with Gasteiger partial charge in [0.25, 0.3) is 0 Å². The minimum atomic E-state index is 0.00783. The van der Waals surface area contributed by atoms with Crippen LogP contribution in [0.3, 0.4) is 0 Å². The van der Waals surface area contributed by atoms with Crippen LogP contribution in [0.15, 0.2) is 30.3 Å². The number of phenolic OH excluding ortho intramolecular Hbond substituents is 1. The molecule has 1 fully saturated rings. The molecule has 0 atom stereocenters. The lowest BCUT2D eigenvalue weighted by Gasteiger charge is -2.46. The van der Waals surface area contributed by atoms with Gasteiger partial charge in [-0.25, -0.2) is 4.68 Å². The second kappa shape index (κ2) is 5.74. The summed E-state index contributed by atoms with van der Waals surface area (Å²) in [6.07, 6.45) is 1.88. The van der Waals surface area contributed by atoms with Crippen molar-refractivity contribution in [2.75, 3.05) is 0 Å². The number of phenols is 1. The molecule has 1 aliphatic heterocycles. The van der Waals surface area contributed by atoms with Gasteiger partial charge >= 0.3 is 0 Å². The number of para-hydroxylation sites is 1. The molecule has 3 aromatic rings. The van der Waals surface area contributed by atoms with Gasteiger partial charge < -0.3 is 10.4 Å². The normalized spacial score (nSPS) is 19.7. The summed E-state index contributed by atoms with van der Waals surface area (Å²) < 4.78 is 1.90. The van der Waals surface area contributed by atoms with E-state index < -0.39 is 0 Å². The van der Waals surface area contributed by atoms with Crippen LogP contribution < -0.4 is 5.32 Å². The lowest BCUT2D eigenvalue weighted by atomic mass is 9.80. The van der Waals surface area contributed by atoms with Gasteiger partial charge in [-0.1, -0.05) is 17.3 Å². The van der Waals surface area contributed by atoms with E-state index in [2.05, 4.69) is 53.5 Å². The quantitative estimate of drug-likeness (QED) is 0.737. The monoisotopic (exact) mass is 352 g/mol. The molecule has 2 aromatic heterocycles. The summed E-state index contributed by atoms with van der Waals surface area (Å²) in [5.74, 6) is 0.176. The molecule has 3 heterocycles. The van der Waals surface area contributed by atoms with Crippen LogP contribution >= 0.6 is 0 Å². The van der Waals surface area contributed by atoms with Crippen molar-refractivity contribution in [1.29, 1.82) is 0 Å². The van der Waals surface area contributed by atoms with E-state index in [0.29, 0.717) is 22.4 Å². The Morgan fingerprint density at radius 1 is 1.04 bits per heavy atom. The van der Waals surface area contributed by atoms with Crippen molar-refractivity contribution in [3.8, 4) is 17.0 Å². The summed E-state index contributed by atoms with van der Waals surface area (Å²) in [5, 5.41) is 31.1. The summed E-state index contributed by atoms with van der Waals surface area (Å²) in [6.45, 7) is 8.84. The fraction of sp³-hybridized carbons (Fsp3) is 0.474. The average Bonchev–Trinajstić information content (AvgIpc) is 2.95. The first-order valence-electron chi connectivity index (χ1n) is 8.90. The third kappa shape index (κ3) is 3.03. The predicted molar refractivity (Wildman–Crippen MR) is 99.8 cm³/mol. The number of hydrogen-bond acceptors (Lipinski definition) is 6. The summed E-state index contributed by atoms with van der Waals surface area (Å²) in [5.41, 5.74) is 2.62. The highest BCUT2D eigenvalue weighted by atomic mass is 16.3. The Morgan fingerprint density at radius 3 is 2.42 bits per heavy atom. The van der Waals surface area contributed by atoms with Gasteiger partial charge in [-0.2, -0.15) is 0 Å². The van der Waals surface area contributed by atoms with Crippen LogP contribution in [0.4, 0.5) is 0 Å². The van der Waals surface area contributed by atoms with E-state index in [0.717, 1.165) is 12.8 Å². The van der Waals surface area contributed by atoms with E-state index in [4.69, 9.17) is 0 Å². The van der Waals surface area contributed by atoms with Gasteiger partial charge in [-0.05, 0) is 58.7 Å². The maximum atomic E-state index is 10.0. The first kappa shape index (κ1) is 16.9. The number of nitrogens with one attached hydrogen (secondary N) is 1. The molecule has 26 heavy (non-hydrogen) atoms. The van der Waals surface area contributed by atoms with E-state index in [1.807, 2.05) is 22.9 Å². The van der Waals surface area contributed by atoms with Crippen LogP contribution in [0.1, 0.15) is 46.6 Å². The molecule has 0 bridgehead atoms. The molecule has 7 nitrogen and oxygen atoms in total. The van der Waals surface area contributed by atoms with E-state index >= 15 is 0 Å². The molecule has 0 aliphatic carbocycles. The van der Waals surface area contributed by atoms with Gasteiger partial charge in [0.1, 0.15) is 11.3 Å². The highest BCUT2D eigenvalue weighted by Gasteiger charge is 2.39. The van der Waals surface area contributed by atoms with E-state index in [9.17, 15) is 5.11 Å². The van der Waals surface area contributed by atoms with Gasteiger partial charge in [0.05, 0.1) is 11.7 Å². The van der Waals surface area contributed by atoms with Gasteiger partial charge in [0.15, 0.2) is 0 Å². The lowest BCUT2D eigenvalue weighted by molar-refractivity contribution is 0.127. The molecular weight excluding hydrogens is 328 g/mol. The Morgan fingerprint density at radius 2 is 1.73 bits per heavy atom. The number of aromatic nitrogens is 5. The maximum Gasteiger partial charge on any atom is 0.201 e. The van der Waals surface area contributed by atoms with E-state index in [1.165, 1.54) is 0 Å². The zero-order valence-corrected chi connectivity index (χ0v) is 15.6. The fourth-order valence-corrected chi connectivity index (χ4v) is 4.26. The van der Waals surface area contributed by atoms with Crippen LogP contribution in [0.5, 0.6) is 5.75 Å². The summed E-state index contributed by atoms with van der Waals surface area (Å²) in [7, 11) is 0. The molecule has 0 unspecified atom stereocenters. The summed E-state index contributed by atoms with van der Waals surface area (Å²) in [4.78, 5) is 0. The van der Waals surface area contributed by atoms with E-state index in [-0.39, 0.29) is 22.9 Å². The highest BCUT2D eigenvalue weighted by molar-refractivity contribution is 5.77. The van der Waals surface area contributed by atoms with Crippen molar-refractivity contribution in [2.45, 2.75) is 57.7 Å². The Balaban J connectivity index is 1.73. The number of fused-ring (bicyclic) bond motifs is 1. The summed E-state index contributed by atoms with van der Waals surface area (Å²) in [6, 6.07) is 9.12. The maximum absolute atomic E-state index is 10.0. The lowest BCUT2D eigenvalue weighted by Crippen LogP contribution is -2.58. The first-order chi connectivity index (χ1) is 12.2. The van der Waals surface area contributed by atoms with Crippen molar-refractivity contribution >= 4 is 11.2 Å². The van der Waals surface area contributed by atoms with Gasteiger partial charge in [0, 0.05) is 16.6 Å². The zero-order chi connectivity index (χ0) is 18.5. The third-order valence-corrected chi connectivity index (χ3v) is 4.92. The molecule has 2 N–H and O–H groups in total. The van der Waals surface area contributed by atoms with Crippen molar-refractivity contribution in [1.82, 2.24) is 30.5 Å². The van der Waals surface area contributed by atoms with Crippen molar-refractivity contribution in [3.63, 3.8) is 0 Å². The first-order valence-corrected chi connectivity index (χ1v) is 8.90. The number of aromatic hydroxyl groups is 1. The largest absolute Gasteiger partial charge is 0.507 e. The Kier molecular flexibility index (Phi) is 3.73. The van der Waals surface area contributed by atoms with Crippen LogP contribution in [-0.2, 0) is 0 Å². The van der Waals surface area contributed by atoms with Crippen LogP contribution in [0.2, 0.25) is 0 Å². The molecule has 0 radical (unpaired) electrons. The fourth-order valence-electron chi connectivity index (χ4n) is 4.26. The minimum Gasteiger partial charge on any atom is -0.507 e. The number of rotatable bonds is 2. The molecule has 7 heteroatoms. The zero-order valence-electron chi connectivity index (χ0n) is 15.6. The average molecular weight is 352 g/mol. The number of piperidine rings is 1. The number of hydrogen-bond donors (Lipinski definition) is 2. The predicted octanol–water partition coefficient (Wildman–Crippen LogP) is 3.08. The topological polar surface area (TPSA) is 88.8 Å². The second-order valence-electron chi connectivity index (χ2n) is 8.44. The van der Waals surface area contributed by atoms with Gasteiger partial charge in [-0.3, -0.25) is 0 Å². The third-order valence-electron chi connectivity index (χ3n) is 4.92. The molecule has 136 valence electrons. The molecule has 4 rings (SSSR count). The Labute approximate surface area is 152 Å². The van der Waals surface area contributed by atoms with Crippen molar-refractivity contribution in [2.24, 2.45) is 0 Å². The van der Waals surface area contributed by atoms with Gasteiger partial charge in [0.2, 0.25) is 5.65 Å². The van der Waals surface area contributed by atoms with Crippen LogP contribution in [-0.4, -0.2) is 41.4 Å². The van der Waals surface area contributed by atoms with E-state index in [1.54, 1.807) is 12.1 Å². The molecule has 0 amide bonds. The molecule has 0 spiro atoms. The van der Waals surface area contributed by atoms with Gasteiger partial charge in [-0.15, -0.1) is 15.3 Å².